The number of halogens is 1. The molecule has 2 unspecified atom stereocenters. The van der Waals surface area contributed by atoms with E-state index in [9.17, 15) is 10.2 Å². The van der Waals surface area contributed by atoms with Crippen LogP contribution in [0.2, 0.25) is 5.02 Å². The Balaban J connectivity index is 0.000000194. The molecular weight excluding hydrogens is 1820 g/mol. The number of aryl methyl sites for hydroxylation is 6. The smallest absolute Gasteiger partial charge is 0.232 e. The number of hydrogen-bond acceptors (Lipinski definition) is 49. The SMILES string of the molecule is CC1N=C(N)NC(N(C)C)=N1.CC1N=C(N)NC(N)=N1.CCCCN=C1N=C(N)NC(C)N1.Cc1nc(N)nc(NCCc2ccc(O)c(O)c2)n1.Cc1nc(N)nc(NCCc2ccc3c(c2)OCO3)n1.Cc1nc(N)nc(NCCc2ccccc2)n1.Cc1nc(N)nc(NCCc2ccco2)n1.Cc1nc(N)nc(NCCc2ccoc2)n1.Cc1nc(Nc2ccc(Cl)cc2)nc(NC(C)C)n1. The number of nitrogens with one attached hydrogen (secondary N) is 11. The van der Waals surface area contributed by atoms with Crippen molar-refractivity contribution >= 4 is 124 Å². The number of aromatic nitrogens is 18. The van der Waals surface area contributed by atoms with Crippen LogP contribution in [0.25, 0.3) is 0 Å². The first-order valence-corrected chi connectivity index (χ1v) is 44.7. The Hall–Kier alpha value is -17.2. The highest BCUT2D eigenvalue weighted by molar-refractivity contribution is 6.30. The van der Waals surface area contributed by atoms with Crippen LogP contribution in [0.3, 0.4) is 0 Å². The fraction of sp³-hybridized carbons (Fsp3) is 0.364. The van der Waals surface area contributed by atoms with Gasteiger partial charge in [0.25, 0.3) is 0 Å². The van der Waals surface area contributed by atoms with E-state index >= 15 is 0 Å². The lowest BCUT2D eigenvalue weighted by atomic mass is 10.1. The fourth-order valence-corrected chi connectivity index (χ4v) is 12.0. The molecule has 0 radical (unpaired) electrons. The number of guanidine groups is 6. The molecule has 140 heavy (non-hydrogen) atoms. The van der Waals surface area contributed by atoms with E-state index in [1.54, 1.807) is 66.4 Å². The van der Waals surface area contributed by atoms with Gasteiger partial charge in [-0.3, -0.25) is 15.6 Å². The van der Waals surface area contributed by atoms with E-state index in [1.165, 1.54) is 17.7 Å². The van der Waals surface area contributed by atoms with Crippen LogP contribution in [0.1, 0.15) is 117 Å². The number of ether oxygens (including phenoxy) is 2. The first kappa shape index (κ1) is 108. The van der Waals surface area contributed by atoms with Crippen LogP contribution in [0.4, 0.5) is 77.1 Å². The van der Waals surface area contributed by atoms with Crippen molar-refractivity contribution in [1.29, 1.82) is 0 Å². The van der Waals surface area contributed by atoms with Crippen molar-refractivity contribution in [3.63, 3.8) is 0 Å². The summed E-state index contributed by atoms with van der Waals surface area (Å²) in [6.45, 7) is 27.1. The van der Waals surface area contributed by atoms with E-state index < -0.39 is 0 Å². The number of anilines is 13. The van der Waals surface area contributed by atoms with Crippen LogP contribution in [0, 0.1) is 41.5 Å². The van der Waals surface area contributed by atoms with Gasteiger partial charge in [-0.2, -0.15) is 94.7 Å². The minimum atomic E-state index is -0.147. The summed E-state index contributed by atoms with van der Waals surface area (Å²) in [5.41, 5.74) is 54.6. The number of nitrogen functional groups attached to an aromatic ring is 5. The van der Waals surface area contributed by atoms with Gasteiger partial charge in [0.05, 0.1) is 25.0 Å². The number of benzene rings is 4. The van der Waals surface area contributed by atoms with Crippen molar-refractivity contribution < 1.29 is 28.5 Å². The van der Waals surface area contributed by atoms with Crippen molar-refractivity contribution in [2.75, 3.05) is 126 Å². The molecule has 2 atom stereocenters. The molecule has 31 N–H and O–H groups in total. The van der Waals surface area contributed by atoms with E-state index in [1.807, 2.05) is 132 Å². The predicted octanol–water partition coefficient (Wildman–Crippen LogP) is 6.54. The third-order valence-corrected chi connectivity index (χ3v) is 18.2. The lowest BCUT2D eigenvalue weighted by Gasteiger charge is -2.21. The number of nitrogens with zero attached hydrogens (tertiary/aromatic N) is 25. The van der Waals surface area contributed by atoms with Gasteiger partial charge in [-0.05, 0) is 197 Å². The molecule has 0 aliphatic carbocycles. The standard InChI is InChI=1S/C13H16ClN5.C13H15N5O2.C12H15N5O2.C12H15N5.2C10H13N5O.C8H17N5.C6H13N5.C4H9N5/c1-8(2)15-12-16-9(3)17-13(19-12)18-11-6-4-10(14)5-7-11;1-8-16-12(14)18-13(17-8)15-5-4-9-2-3-10-11(6-9)20-7-19-10;1-7-15-11(13)17-12(16-7)14-5-4-8-2-3-9(18)10(19)6-8;1-9-15-11(13)17-12(16-9)14-8-7-10-5-3-2-4-6-10;1-7-13-9(11)15-10(14-7)12-4-2-8-3-5-16-6-8;1-7-13-9(11)15-10(14-7)12-5-4-8-3-2-6-16-8;1-3-4-5-10-8-12-6(2)11-7(9)13-8;1-4-8-5(7)10-6(9-4)11(2)3;1-2-7-3(5)9-4(6)8-2/h4-8H,1-3H3,(H2,15,16,17,18,19);2-3,6H,4-5,7H2,1H3,(H3,14,15,16,17,18);2-3,6,18-19H,4-5H2,1H3,(H3,13,14,15,16,17);2-6H,7-8H2,1H3,(H3,13,14,15,16,17);3,5-6H,2,4H2,1H3,(H3,11,12,13,14,15);2-3,6H,4-5H2,1H3,(H3,11,12,13,14,15);6H,3-5H2,1-2H3,(H4,9,10,11,12,13);4H,1-3H3,(H3,7,8,9,10);2H,1H3,(H5,5,6,7,8,9). The first-order valence-electron chi connectivity index (χ1n) is 44.3. The summed E-state index contributed by atoms with van der Waals surface area (Å²) in [5, 5.41) is 52.4. The predicted molar refractivity (Wildman–Crippen MR) is 546 cm³/mol. The summed E-state index contributed by atoms with van der Waals surface area (Å²) < 4.78 is 20.8. The van der Waals surface area contributed by atoms with E-state index in [-0.39, 0.29) is 65.8 Å². The number of hydrogen-bond donors (Lipinski definition) is 22. The average Bonchev–Trinajstić information content (AvgIpc) is 1.77. The number of unbranched alkanes of at least 4 members (excludes halogenated alkanes) is 1. The number of nitrogens with two attached hydrogens (primary N) is 9. The maximum Gasteiger partial charge on any atom is 0.232 e. The molecule has 8 aromatic heterocycles. The Morgan fingerprint density at radius 2 is 0.907 bits per heavy atom. The highest BCUT2D eigenvalue weighted by atomic mass is 35.5. The summed E-state index contributed by atoms with van der Waals surface area (Å²) in [6, 6.07) is 34.2. The monoisotopic (exact) mass is 1940 g/mol. The molecule has 51 nitrogen and oxygen atoms in total. The molecule has 746 valence electrons. The Kier molecular flexibility index (Phi) is 43.9. The third kappa shape index (κ3) is 42.6. The van der Waals surface area contributed by atoms with Crippen LogP contribution >= 0.6 is 11.6 Å². The molecule has 0 spiro atoms. The van der Waals surface area contributed by atoms with Gasteiger partial charge in [-0.25, -0.2) is 20.0 Å². The number of aliphatic imine (C=N–C) groups is 6. The summed E-state index contributed by atoms with van der Waals surface area (Å²) in [6.07, 6.45) is 11.2. The zero-order chi connectivity index (χ0) is 101. The average molecular weight is 1950 g/mol. The maximum atomic E-state index is 9.37. The van der Waals surface area contributed by atoms with E-state index in [2.05, 4.69) is 197 Å². The number of phenolic OH excluding ortho intramolecular Hbond substituents is 2. The van der Waals surface area contributed by atoms with Gasteiger partial charge < -0.3 is 133 Å². The van der Waals surface area contributed by atoms with Gasteiger partial charge in [-0.1, -0.05) is 67.4 Å². The Morgan fingerprint density at radius 1 is 0.450 bits per heavy atom. The molecule has 0 fully saturated rings. The molecule has 12 heterocycles. The number of fused-ring (bicyclic) bond motifs is 1. The molecule has 4 aliphatic heterocycles. The van der Waals surface area contributed by atoms with Crippen LogP contribution in [0.5, 0.6) is 23.0 Å². The largest absolute Gasteiger partial charge is 0.504 e. The molecule has 4 aliphatic rings. The zero-order valence-corrected chi connectivity index (χ0v) is 81.4. The molecule has 4 aromatic carbocycles. The molecule has 52 heteroatoms. The highest BCUT2D eigenvalue weighted by Crippen LogP contribution is 2.33. The van der Waals surface area contributed by atoms with Gasteiger partial charge in [0.1, 0.15) is 53.0 Å². The molecule has 0 amide bonds. The number of rotatable bonds is 27. The minimum Gasteiger partial charge on any atom is -0.504 e. The molecule has 0 saturated heterocycles. The summed E-state index contributed by atoms with van der Waals surface area (Å²) in [5.74, 6) is 13.5. The molecule has 0 saturated carbocycles. The van der Waals surface area contributed by atoms with Gasteiger partial charge in [0.2, 0.25) is 90.1 Å². The van der Waals surface area contributed by atoms with Crippen LogP contribution in [0.15, 0.2) is 167 Å². The number of aromatic hydroxyl groups is 2. The zero-order valence-electron chi connectivity index (χ0n) is 80.6. The second-order valence-corrected chi connectivity index (χ2v) is 31.3. The van der Waals surface area contributed by atoms with Crippen molar-refractivity contribution in [3.05, 3.63) is 196 Å². The van der Waals surface area contributed by atoms with E-state index in [0.29, 0.717) is 144 Å². The minimum absolute atomic E-state index is 0.0753. The van der Waals surface area contributed by atoms with Gasteiger partial charge in [-0.15, -0.1) is 0 Å². The van der Waals surface area contributed by atoms with Crippen molar-refractivity contribution in [1.82, 2.24) is 116 Å². The molecular formula is C88H126ClN45O6. The van der Waals surface area contributed by atoms with Crippen molar-refractivity contribution in [2.45, 2.75) is 153 Å². The summed E-state index contributed by atoms with van der Waals surface area (Å²) in [4.78, 5) is 98.9. The number of furan rings is 2. The Bertz CT molecular complexity index is 5790. The highest BCUT2D eigenvalue weighted by Gasteiger charge is 2.17. The first-order chi connectivity index (χ1) is 67.0. The molecule has 12 aromatic rings. The van der Waals surface area contributed by atoms with Crippen molar-refractivity contribution in [3.8, 4) is 23.0 Å². The normalized spacial score (nSPS) is 13.7. The van der Waals surface area contributed by atoms with Crippen LogP contribution < -0.4 is 120 Å². The third-order valence-electron chi connectivity index (χ3n) is 17.9. The van der Waals surface area contributed by atoms with Crippen molar-refractivity contribution in [2.24, 2.45) is 52.9 Å². The van der Waals surface area contributed by atoms with E-state index in [0.717, 1.165) is 104 Å². The quantitative estimate of drug-likeness (QED) is 0.0192. The maximum absolute atomic E-state index is 9.37. The molecule has 0 bridgehead atoms. The fourth-order valence-electron chi connectivity index (χ4n) is 11.9. The van der Waals surface area contributed by atoms with E-state index in [4.69, 9.17) is 81.5 Å². The summed E-state index contributed by atoms with van der Waals surface area (Å²) >= 11 is 5.84. The second-order valence-electron chi connectivity index (χ2n) is 30.8. The lowest BCUT2D eigenvalue weighted by molar-refractivity contribution is 0.174. The van der Waals surface area contributed by atoms with Gasteiger partial charge >= 0.3 is 0 Å². The second kappa shape index (κ2) is 56.9. The lowest BCUT2D eigenvalue weighted by Crippen LogP contribution is -2.53. The van der Waals surface area contributed by atoms with Gasteiger partial charge in [0.15, 0.2) is 46.8 Å². The van der Waals surface area contributed by atoms with Crippen LogP contribution in [-0.2, 0) is 32.1 Å². The Labute approximate surface area is 815 Å². The molecule has 16 rings (SSSR count). The van der Waals surface area contributed by atoms with Gasteiger partial charge in [0, 0.05) is 76.5 Å². The number of phenols is 2. The Morgan fingerprint density at radius 3 is 1.36 bits per heavy atom. The topological polar surface area (TPSA) is 761 Å². The summed E-state index contributed by atoms with van der Waals surface area (Å²) in [7, 11) is 3.80. The van der Waals surface area contributed by atoms with Crippen LogP contribution in [-0.4, -0.2) is 225 Å².